The average molecular weight is 747 g/mol. The Morgan fingerprint density at radius 1 is 0.788 bits per heavy atom. The molecule has 302 valence electrons. The van der Waals surface area contributed by atoms with Crippen LogP contribution in [-0.4, -0.2) is 152 Å². The van der Waals surface area contributed by atoms with Crippen molar-refractivity contribution in [1.29, 1.82) is 0 Å². The molecule has 52 heavy (non-hydrogen) atoms. The lowest BCUT2D eigenvalue weighted by Gasteiger charge is -2.66. The van der Waals surface area contributed by atoms with Crippen molar-refractivity contribution >= 4 is 0 Å². The first-order valence-electron chi connectivity index (χ1n) is 19.6. The summed E-state index contributed by atoms with van der Waals surface area (Å²) in [5.74, 6) is -0.911. The highest BCUT2D eigenvalue weighted by Crippen LogP contribution is 2.70. The van der Waals surface area contributed by atoms with Crippen molar-refractivity contribution in [3.8, 4) is 0 Å². The summed E-state index contributed by atoms with van der Waals surface area (Å²) >= 11 is 0. The van der Waals surface area contributed by atoms with Gasteiger partial charge in [-0.15, -0.1) is 0 Å². The summed E-state index contributed by atoms with van der Waals surface area (Å²) in [6, 6.07) is 0. The molecule has 0 aromatic heterocycles. The molecule has 0 bridgehead atoms. The van der Waals surface area contributed by atoms with E-state index in [1.807, 2.05) is 20.8 Å². The zero-order valence-electron chi connectivity index (χ0n) is 31.6. The Hall–Kier alpha value is -0.560. The SMILES string of the molecule is COC1C(OC2C(CO)OC(OC(CCC(C)C3C[C@H](O)C4C3(C)CCC3C5(C)CCC(O)C(O)C5C(O)CC34O)C(C)C)C2O)OCC(O)C1O. The van der Waals surface area contributed by atoms with E-state index < -0.39 is 103 Å². The second-order valence-electron chi connectivity index (χ2n) is 18.1. The molecule has 14 heteroatoms. The van der Waals surface area contributed by atoms with Gasteiger partial charge in [0.1, 0.15) is 36.6 Å². The number of aliphatic hydroxyl groups excluding tert-OH is 8. The zero-order valence-corrected chi connectivity index (χ0v) is 31.6. The predicted octanol–water partition coefficient (Wildman–Crippen LogP) is 0.0474. The number of hydrogen-bond acceptors (Lipinski definition) is 14. The fourth-order valence-corrected chi connectivity index (χ4v) is 12.3. The van der Waals surface area contributed by atoms with Crippen LogP contribution in [0.5, 0.6) is 0 Å². The number of hydrogen-bond donors (Lipinski definition) is 9. The standard InChI is InChI=1S/C38H66O14/c1-17(2)24(50-34-30(46)31(25(15-39)51-34)52-35-32(48-6)29(45)23(43)16-49-35)8-7-18(3)19-13-21(41)33-36(19,4)12-10-26-37(5)11-9-20(40)28(44)27(37)22(42)14-38(26,33)47/h17-35,39-47H,7-16H2,1-6H3/t18?,19?,20?,21-,22?,23?,24?,25?,26?,27?,28?,29?,30?,31?,32?,33?,34?,35?,36?,37?,38?/m0/s1. The van der Waals surface area contributed by atoms with Crippen molar-refractivity contribution in [3.63, 3.8) is 0 Å². The second kappa shape index (κ2) is 15.4. The molecule has 0 radical (unpaired) electrons. The average Bonchev–Trinajstić information content (AvgIpc) is 3.53. The molecule has 21 atom stereocenters. The lowest BCUT2D eigenvalue weighted by atomic mass is 9.41. The summed E-state index contributed by atoms with van der Waals surface area (Å²) < 4.78 is 29.2. The van der Waals surface area contributed by atoms with E-state index in [4.69, 9.17) is 23.7 Å². The van der Waals surface area contributed by atoms with Crippen molar-refractivity contribution in [3.05, 3.63) is 0 Å². The molecule has 4 saturated carbocycles. The van der Waals surface area contributed by atoms with Crippen LogP contribution in [0.2, 0.25) is 0 Å². The summed E-state index contributed by atoms with van der Waals surface area (Å²) in [6.07, 6.45) is -8.50. The maximum atomic E-state index is 12.6. The van der Waals surface area contributed by atoms with E-state index in [1.54, 1.807) is 0 Å². The molecule has 2 heterocycles. The van der Waals surface area contributed by atoms with Gasteiger partial charge in [0.2, 0.25) is 0 Å². The Bertz CT molecular complexity index is 1210. The lowest BCUT2D eigenvalue weighted by Crippen LogP contribution is -2.70. The topological polar surface area (TPSA) is 228 Å². The minimum absolute atomic E-state index is 0.0437. The molecule has 6 fully saturated rings. The van der Waals surface area contributed by atoms with E-state index in [1.165, 1.54) is 7.11 Å². The van der Waals surface area contributed by atoms with Gasteiger partial charge in [0.25, 0.3) is 0 Å². The molecule has 0 amide bonds. The fourth-order valence-electron chi connectivity index (χ4n) is 12.3. The van der Waals surface area contributed by atoms with Crippen LogP contribution >= 0.6 is 0 Å². The van der Waals surface area contributed by atoms with Gasteiger partial charge >= 0.3 is 0 Å². The van der Waals surface area contributed by atoms with Crippen molar-refractivity contribution in [2.45, 2.75) is 171 Å². The first-order chi connectivity index (χ1) is 24.4. The molecule has 20 unspecified atom stereocenters. The van der Waals surface area contributed by atoms with Crippen LogP contribution in [0.3, 0.4) is 0 Å². The monoisotopic (exact) mass is 746 g/mol. The quantitative estimate of drug-likeness (QED) is 0.136. The van der Waals surface area contributed by atoms with Crippen LogP contribution < -0.4 is 0 Å². The Morgan fingerprint density at radius 2 is 1.48 bits per heavy atom. The number of fused-ring (bicyclic) bond motifs is 5. The highest BCUT2D eigenvalue weighted by Gasteiger charge is 2.71. The highest BCUT2D eigenvalue weighted by atomic mass is 16.8. The van der Waals surface area contributed by atoms with Gasteiger partial charge in [-0.3, -0.25) is 0 Å². The van der Waals surface area contributed by atoms with E-state index in [0.717, 1.165) is 12.8 Å². The van der Waals surface area contributed by atoms with Gasteiger partial charge in [0.05, 0.1) is 49.3 Å². The highest BCUT2D eigenvalue weighted by molar-refractivity contribution is 5.21. The Balaban J connectivity index is 1.11. The Morgan fingerprint density at radius 3 is 2.13 bits per heavy atom. The molecular formula is C38H66O14. The fraction of sp³-hybridized carbons (Fsp3) is 1.00. The first-order valence-corrected chi connectivity index (χ1v) is 19.6. The number of aliphatic hydroxyl groups is 9. The van der Waals surface area contributed by atoms with E-state index in [-0.39, 0.29) is 48.2 Å². The largest absolute Gasteiger partial charge is 0.394 e. The minimum atomic E-state index is -1.31. The Labute approximate surface area is 307 Å². The van der Waals surface area contributed by atoms with Gasteiger partial charge < -0.3 is 69.6 Å². The normalized spacial score (nSPS) is 53.3. The van der Waals surface area contributed by atoms with Crippen molar-refractivity contribution in [2.75, 3.05) is 20.3 Å². The molecule has 6 rings (SSSR count). The molecule has 4 aliphatic carbocycles. The van der Waals surface area contributed by atoms with E-state index in [0.29, 0.717) is 32.1 Å². The van der Waals surface area contributed by atoms with Crippen LogP contribution in [0.25, 0.3) is 0 Å². The first kappa shape index (κ1) is 41.1. The van der Waals surface area contributed by atoms with Crippen LogP contribution in [0.4, 0.5) is 0 Å². The molecular weight excluding hydrogens is 680 g/mol. The van der Waals surface area contributed by atoms with Crippen LogP contribution in [-0.2, 0) is 23.7 Å². The smallest absolute Gasteiger partial charge is 0.187 e. The molecule has 2 saturated heterocycles. The summed E-state index contributed by atoms with van der Waals surface area (Å²) in [4.78, 5) is 0. The minimum Gasteiger partial charge on any atom is -0.394 e. The van der Waals surface area contributed by atoms with Crippen LogP contribution in [0.15, 0.2) is 0 Å². The number of rotatable bonds is 11. The van der Waals surface area contributed by atoms with Gasteiger partial charge in [-0.2, -0.15) is 0 Å². The zero-order chi connectivity index (χ0) is 38.1. The maximum Gasteiger partial charge on any atom is 0.187 e. The predicted molar refractivity (Wildman–Crippen MR) is 184 cm³/mol. The van der Waals surface area contributed by atoms with Gasteiger partial charge in [0, 0.05) is 25.4 Å². The van der Waals surface area contributed by atoms with Crippen LogP contribution in [0.1, 0.15) is 86.0 Å². The Kier molecular flexibility index (Phi) is 12.2. The van der Waals surface area contributed by atoms with E-state index in [2.05, 4.69) is 13.8 Å². The molecule has 0 aromatic carbocycles. The van der Waals surface area contributed by atoms with E-state index >= 15 is 0 Å². The molecule has 9 N–H and O–H groups in total. The van der Waals surface area contributed by atoms with Crippen molar-refractivity contribution in [2.24, 2.45) is 46.3 Å². The van der Waals surface area contributed by atoms with Crippen molar-refractivity contribution < 1.29 is 69.6 Å². The molecule has 14 nitrogen and oxygen atoms in total. The second-order valence-corrected chi connectivity index (χ2v) is 18.1. The third-order valence-corrected chi connectivity index (χ3v) is 14.9. The van der Waals surface area contributed by atoms with Gasteiger partial charge in [0.15, 0.2) is 12.6 Å². The molecule has 0 spiro atoms. The molecule has 2 aliphatic heterocycles. The van der Waals surface area contributed by atoms with Gasteiger partial charge in [-0.05, 0) is 79.4 Å². The molecule has 6 aliphatic rings. The third kappa shape index (κ3) is 6.82. The number of ether oxygens (including phenoxy) is 5. The number of methoxy groups -OCH3 is 1. The third-order valence-electron chi connectivity index (χ3n) is 14.9. The summed E-state index contributed by atoms with van der Waals surface area (Å²) in [5.41, 5.74) is -2.26. The van der Waals surface area contributed by atoms with Crippen molar-refractivity contribution in [1.82, 2.24) is 0 Å². The lowest BCUT2D eigenvalue weighted by molar-refractivity contribution is -0.296. The van der Waals surface area contributed by atoms with E-state index in [9.17, 15) is 46.0 Å². The van der Waals surface area contributed by atoms with Gasteiger partial charge in [-0.1, -0.05) is 34.6 Å². The van der Waals surface area contributed by atoms with Gasteiger partial charge in [-0.25, -0.2) is 0 Å². The summed E-state index contributed by atoms with van der Waals surface area (Å²) in [7, 11) is 1.35. The molecule has 0 aromatic rings. The van der Waals surface area contributed by atoms with Crippen LogP contribution in [0, 0.1) is 46.3 Å². The maximum absolute atomic E-state index is 12.6. The summed E-state index contributed by atoms with van der Waals surface area (Å²) in [6.45, 7) is 9.80. The summed E-state index contributed by atoms with van der Waals surface area (Å²) in [5, 5.41) is 98.9.